The van der Waals surface area contributed by atoms with Gasteiger partial charge in [0.2, 0.25) is 5.91 Å². The topological polar surface area (TPSA) is 89.8 Å². The van der Waals surface area contributed by atoms with Crippen molar-refractivity contribution >= 4 is 28.5 Å². The Morgan fingerprint density at radius 2 is 1.87 bits per heavy atom. The van der Waals surface area contributed by atoms with E-state index in [1.54, 1.807) is 6.07 Å². The molecule has 0 aliphatic rings. The zero-order chi connectivity index (χ0) is 21.1. The Morgan fingerprint density at radius 3 is 2.63 bits per heavy atom. The predicted molar refractivity (Wildman–Crippen MR) is 115 cm³/mol. The van der Waals surface area contributed by atoms with Crippen LogP contribution in [-0.2, 0) is 17.9 Å². The maximum atomic E-state index is 12.7. The fourth-order valence-electron chi connectivity index (χ4n) is 2.95. The molecule has 0 aliphatic carbocycles. The van der Waals surface area contributed by atoms with Gasteiger partial charge in [-0.2, -0.15) is 0 Å². The largest absolute Gasteiger partial charge is 0.350 e. The molecule has 0 atom stereocenters. The van der Waals surface area contributed by atoms with Crippen molar-refractivity contribution in [2.75, 3.05) is 0 Å². The molecule has 0 saturated carbocycles. The first kappa shape index (κ1) is 19.7. The second kappa shape index (κ2) is 8.42. The maximum absolute atomic E-state index is 12.7. The van der Waals surface area contributed by atoms with Gasteiger partial charge in [-0.25, -0.2) is 15.0 Å². The zero-order valence-electron chi connectivity index (χ0n) is 16.2. The van der Waals surface area contributed by atoms with Crippen molar-refractivity contribution in [3.8, 4) is 11.4 Å². The Labute approximate surface area is 177 Å². The fraction of sp³-hybridized carbons (Fsp3) is 0.136. The first-order chi connectivity index (χ1) is 14.5. The van der Waals surface area contributed by atoms with Gasteiger partial charge in [0.1, 0.15) is 18.3 Å². The molecule has 4 aromatic rings. The van der Waals surface area contributed by atoms with Crippen molar-refractivity contribution in [2.45, 2.75) is 20.0 Å². The van der Waals surface area contributed by atoms with Crippen LogP contribution in [0.5, 0.6) is 0 Å². The molecule has 2 aromatic carbocycles. The molecule has 0 saturated heterocycles. The third-order valence-electron chi connectivity index (χ3n) is 4.64. The Hall–Kier alpha value is -3.58. The van der Waals surface area contributed by atoms with Crippen LogP contribution in [0.4, 0.5) is 0 Å². The molecule has 0 fully saturated rings. The van der Waals surface area contributed by atoms with Crippen LogP contribution in [0, 0.1) is 6.92 Å². The van der Waals surface area contributed by atoms with Crippen LogP contribution in [0.1, 0.15) is 11.1 Å². The highest BCUT2D eigenvalue weighted by molar-refractivity contribution is 6.31. The van der Waals surface area contributed by atoms with Crippen LogP contribution in [0.25, 0.3) is 22.4 Å². The second-order valence-corrected chi connectivity index (χ2v) is 7.25. The molecule has 8 heteroatoms. The number of carbonyl (C=O) groups is 1. The van der Waals surface area contributed by atoms with E-state index in [0.717, 1.165) is 16.7 Å². The average Bonchev–Trinajstić information content (AvgIpc) is 2.75. The van der Waals surface area contributed by atoms with Gasteiger partial charge < -0.3 is 5.32 Å². The number of aromatic nitrogens is 4. The Balaban J connectivity index is 1.52. The number of benzene rings is 2. The molecule has 0 spiro atoms. The Morgan fingerprint density at radius 1 is 1.10 bits per heavy atom. The van der Waals surface area contributed by atoms with E-state index in [0.29, 0.717) is 16.5 Å². The van der Waals surface area contributed by atoms with Gasteiger partial charge in [-0.1, -0.05) is 59.6 Å². The molecule has 2 aromatic heterocycles. The van der Waals surface area contributed by atoms with Crippen LogP contribution < -0.4 is 10.9 Å². The average molecular weight is 420 g/mol. The van der Waals surface area contributed by atoms with Crippen LogP contribution in [0.3, 0.4) is 0 Å². The lowest BCUT2D eigenvalue weighted by Gasteiger charge is -2.09. The highest BCUT2D eigenvalue weighted by Gasteiger charge is 2.11. The minimum absolute atomic E-state index is 0.161. The number of nitrogens with one attached hydrogen (secondary N) is 1. The second-order valence-electron chi connectivity index (χ2n) is 6.84. The summed E-state index contributed by atoms with van der Waals surface area (Å²) in [6.07, 6.45) is 2.77. The van der Waals surface area contributed by atoms with Crippen LogP contribution in [0.2, 0.25) is 5.02 Å². The number of fused-ring (bicyclic) bond motifs is 1. The van der Waals surface area contributed by atoms with Crippen LogP contribution in [0.15, 0.2) is 65.8 Å². The molecular weight excluding hydrogens is 402 g/mol. The molecule has 0 radical (unpaired) electrons. The Bertz CT molecular complexity index is 1280. The van der Waals surface area contributed by atoms with Gasteiger partial charge >= 0.3 is 0 Å². The normalized spacial score (nSPS) is 10.9. The fourth-order valence-corrected chi connectivity index (χ4v) is 3.16. The van der Waals surface area contributed by atoms with Crippen molar-refractivity contribution in [1.82, 2.24) is 24.8 Å². The van der Waals surface area contributed by atoms with Crippen molar-refractivity contribution in [3.05, 3.63) is 87.6 Å². The lowest BCUT2D eigenvalue weighted by Crippen LogP contribution is -2.32. The summed E-state index contributed by atoms with van der Waals surface area (Å²) in [4.78, 5) is 37.9. The van der Waals surface area contributed by atoms with Crippen molar-refractivity contribution in [1.29, 1.82) is 0 Å². The molecule has 0 unspecified atom stereocenters. The summed E-state index contributed by atoms with van der Waals surface area (Å²) in [6, 6.07) is 15.0. The zero-order valence-corrected chi connectivity index (χ0v) is 16.9. The summed E-state index contributed by atoms with van der Waals surface area (Å²) < 4.78 is 1.24. The van der Waals surface area contributed by atoms with E-state index >= 15 is 0 Å². The summed E-state index contributed by atoms with van der Waals surface area (Å²) in [7, 11) is 0. The molecule has 0 aliphatic heterocycles. The molecule has 1 amide bonds. The summed E-state index contributed by atoms with van der Waals surface area (Å²) in [5, 5.41) is 3.59. The molecule has 0 bridgehead atoms. The third kappa shape index (κ3) is 4.21. The predicted octanol–water partition coefficient (Wildman–Crippen LogP) is 3.13. The smallest absolute Gasteiger partial charge is 0.264 e. The van der Waals surface area contributed by atoms with Gasteiger partial charge in [0.05, 0.1) is 0 Å². The maximum Gasteiger partial charge on any atom is 0.264 e. The quantitative estimate of drug-likeness (QED) is 0.536. The molecule has 1 N–H and O–H groups in total. The minimum atomic E-state index is -0.372. The molecule has 7 nitrogen and oxygen atoms in total. The first-order valence-electron chi connectivity index (χ1n) is 9.30. The van der Waals surface area contributed by atoms with E-state index in [1.807, 2.05) is 49.4 Å². The van der Waals surface area contributed by atoms with E-state index in [-0.39, 0.29) is 29.9 Å². The molecule has 4 rings (SSSR count). The number of amides is 1. The van der Waals surface area contributed by atoms with Gasteiger partial charge in [-0.05, 0) is 18.6 Å². The Kier molecular flexibility index (Phi) is 5.54. The number of nitrogens with zero attached hydrogens (tertiary/aromatic N) is 4. The summed E-state index contributed by atoms with van der Waals surface area (Å²) in [5.41, 5.74) is 2.69. The van der Waals surface area contributed by atoms with Gasteiger partial charge in [0.15, 0.2) is 11.5 Å². The molecule has 2 heterocycles. The number of hydrogen-bond donors (Lipinski definition) is 1. The SMILES string of the molecule is Cc1ccc(-c2ncc3c(=O)n(CC(=O)NCc4ccccc4Cl)cnc3n2)cc1. The highest BCUT2D eigenvalue weighted by Crippen LogP contribution is 2.17. The van der Waals surface area contributed by atoms with E-state index in [1.165, 1.54) is 17.1 Å². The highest BCUT2D eigenvalue weighted by atomic mass is 35.5. The number of aryl methyl sites for hydroxylation is 1. The third-order valence-corrected chi connectivity index (χ3v) is 5.01. The van der Waals surface area contributed by atoms with Crippen molar-refractivity contribution < 1.29 is 4.79 Å². The van der Waals surface area contributed by atoms with Crippen LogP contribution >= 0.6 is 11.6 Å². The summed E-state index contributed by atoms with van der Waals surface area (Å²) in [6.45, 7) is 2.11. The lowest BCUT2D eigenvalue weighted by atomic mass is 10.1. The van der Waals surface area contributed by atoms with E-state index < -0.39 is 0 Å². The molecule has 30 heavy (non-hydrogen) atoms. The van der Waals surface area contributed by atoms with Gasteiger partial charge in [0.25, 0.3) is 5.56 Å². The van der Waals surface area contributed by atoms with Gasteiger partial charge in [-0.3, -0.25) is 14.2 Å². The van der Waals surface area contributed by atoms with E-state index in [4.69, 9.17) is 11.6 Å². The van der Waals surface area contributed by atoms with Crippen LogP contribution in [-0.4, -0.2) is 25.4 Å². The van der Waals surface area contributed by atoms with Gasteiger partial charge in [-0.15, -0.1) is 0 Å². The van der Waals surface area contributed by atoms with Crippen molar-refractivity contribution in [3.63, 3.8) is 0 Å². The standard InChI is InChI=1S/C22H18ClN5O2/c1-14-6-8-15(9-7-14)20-25-11-17-21(27-20)26-13-28(22(17)30)12-19(29)24-10-16-4-2-3-5-18(16)23/h2-9,11,13H,10,12H2,1H3,(H,24,29). The lowest BCUT2D eigenvalue weighted by molar-refractivity contribution is -0.121. The summed E-state index contributed by atoms with van der Waals surface area (Å²) in [5.74, 6) is 0.167. The van der Waals surface area contributed by atoms with Gasteiger partial charge in [0, 0.05) is 23.3 Å². The first-order valence-corrected chi connectivity index (χ1v) is 9.68. The van der Waals surface area contributed by atoms with E-state index in [2.05, 4.69) is 20.3 Å². The minimum Gasteiger partial charge on any atom is -0.350 e. The molecular formula is C22H18ClN5O2. The number of carbonyl (C=O) groups excluding carboxylic acids is 1. The number of hydrogen-bond acceptors (Lipinski definition) is 5. The number of rotatable bonds is 5. The van der Waals surface area contributed by atoms with E-state index in [9.17, 15) is 9.59 Å². The summed E-state index contributed by atoms with van der Waals surface area (Å²) >= 11 is 6.09. The van der Waals surface area contributed by atoms with Crippen molar-refractivity contribution in [2.24, 2.45) is 0 Å². The monoisotopic (exact) mass is 419 g/mol. The number of halogens is 1. The molecule has 150 valence electrons.